The van der Waals surface area contributed by atoms with Gasteiger partial charge in [-0.25, -0.2) is 0 Å². The Morgan fingerprint density at radius 2 is 1.80 bits per heavy atom. The second kappa shape index (κ2) is 9.00. The maximum Gasteiger partial charge on any atom is 0.234 e. The summed E-state index contributed by atoms with van der Waals surface area (Å²) in [5.74, 6) is 1.69. The third-order valence-electron chi connectivity index (χ3n) is 4.48. The molecule has 4 aromatic rings. The Morgan fingerprint density at radius 1 is 1.03 bits per heavy atom. The van der Waals surface area contributed by atoms with Gasteiger partial charge in [-0.05, 0) is 49.2 Å². The van der Waals surface area contributed by atoms with Gasteiger partial charge in [0.25, 0.3) is 0 Å². The van der Waals surface area contributed by atoms with Crippen LogP contribution in [-0.4, -0.2) is 26.4 Å². The van der Waals surface area contributed by atoms with Crippen LogP contribution in [0.2, 0.25) is 0 Å². The van der Waals surface area contributed by atoms with Crippen molar-refractivity contribution in [1.29, 1.82) is 0 Å². The number of aromatic nitrogens is 3. The summed E-state index contributed by atoms with van der Waals surface area (Å²) in [6.45, 7) is 4.52. The van der Waals surface area contributed by atoms with E-state index in [0.717, 1.165) is 34.0 Å². The number of carbonyl (C=O) groups excluding carboxylic acids is 1. The molecule has 0 saturated carbocycles. The summed E-state index contributed by atoms with van der Waals surface area (Å²) in [7, 11) is 0. The zero-order chi connectivity index (χ0) is 20.9. The molecule has 0 radical (unpaired) electrons. The summed E-state index contributed by atoms with van der Waals surface area (Å²) < 4.78 is 7.49. The first-order valence-electron chi connectivity index (χ1n) is 9.60. The van der Waals surface area contributed by atoms with Gasteiger partial charge in [-0.1, -0.05) is 48.2 Å². The van der Waals surface area contributed by atoms with Crippen LogP contribution in [0.15, 0.2) is 76.5 Å². The number of nitrogens with one attached hydrogen (secondary N) is 1. The van der Waals surface area contributed by atoms with Gasteiger partial charge >= 0.3 is 0 Å². The van der Waals surface area contributed by atoms with Crippen molar-refractivity contribution in [2.75, 3.05) is 11.1 Å². The van der Waals surface area contributed by atoms with Crippen LogP contribution in [0.25, 0.3) is 11.4 Å². The lowest BCUT2D eigenvalue weighted by atomic mass is 10.1. The minimum absolute atomic E-state index is 0.0844. The molecular formula is C23H22N4O2S. The van der Waals surface area contributed by atoms with Gasteiger partial charge in [-0.15, -0.1) is 10.2 Å². The number of hydrogen-bond donors (Lipinski definition) is 1. The molecule has 7 heteroatoms. The third kappa shape index (κ3) is 4.80. The molecule has 0 aliphatic heterocycles. The highest BCUT2D eigenvalue weighted by Crippen LogP contribution is 2.25. The lowest BCUT2D eigenvalue weighted by Crippen LogP contribution is -2.15. The molecule has 0 saturated heterocycles. The van der Waals surface area contributed by atoms with Gasteiger partial charge in [0, 0.05) is 11.3 Å². The van der Waals surface area contributed by atoms with Crippen LogP contribution in [0, 0.1) is 13.8 Å². The molecule has 1 amide bonds. The predicted molar refractivity (Wildman–Crippen MR) is 119 cm³/mol. The number of carbonyl (C=O) groups is 1. The quantitative estimate of drug-likeness (QED) is 0.431. The number of amides is 1. The number of anilines is 1. The second-order valence-corrected chi connectivity index (χ2v) is 7.99. The molecule has 6 nitrogen and oxygen atoms in total. The Labute approximate surface area is 179 Å². The normalized spacial score (nSPS) is 10.9. The minimum Gasteiger partial charge on any atom is -0.467 e. The summed E-state index contributed by atoms with van der Waals surface area (Å²) in [5, 5.41) is 12.3. The molecule has 4 rings (SSSR count). The van der Waals surface area contributed by atoms with E-state index < -0.39 is 0 Å². The topological polar surface area (TPSA) is 73.0 Å². The van der Waals surface area contributed by atoms with E-state index in [-0.39, 0.29) is 11.7 Å². The molecule has 152 valence electrons. The number of thioether (sulfide) groups is 1. The second-order valence-electron chi connectivity index (χ2n) is 7.05. The average Bonchev–Trinajstić information content (AvgIpc) is 3.37. The molecule has 0 bridgehead atoms. The average molecular weight is 419 g/mol. The highest BCUT2D eigenvalue weighted by Gasteiger charge is 2.17. The van der Waals surface area contributed by atoms with Crippen LogP contribution in [0.5, 0.6) is 0 Å². The van der Waals surface area contributed by atoms with Crippen LogP contribution >= 0.6 is 11.8 Å². The third-order valence-corrected chi connectivity index (χ3v) is 5.45. The molecule has 30 heavy (non-hydrogen) atoms. The fourth-order valence-electron chi connectivity index (χ4n) is 3.27. The van der Waals surface area contributed by atoms with Gasteiger partial charge < -0.3 is 9.73 Å². The van der Waals surface area contributed by atoms with Crippen molar-refractivity contribution in [3.05, 3.63) is 83.8 Å². The van der Waals surface area contributed by atoms with Crippen molar-refractivity contribution in [2.45, 2.75) is 25.5 Å². The van der Waals surface area contributed by atoms with E-state index >= 15 is 0 Å². The van der Waals surface area contributed by atoms with Crippen LogP contribution < -0.4 is 5.32 Å². The fourth-order valence-corrected chi connectivity index (χ4v) is 4.01. The Kier molecular flexibility index (Phi) is 5.99. The van der Waals surface area contributed by atoms with Crippen molar-refractivity contribution >= 4 is 23.4 Å². The van der Waals surface area contributed by atoms with Gasteiger partial charge in [0.2, 0.25) is 5.91 Å². The first-order chi connectivity index (χ1) is 14.6. The van der Waals surface area contributed by atoms with Crippen molar-refractivity contribution < 1.29 is 9.21 Å². The van der Waals surface area contributed by atoms with E-state index in [1.807, 2.05) is 73.0 Å². The molecule has 2 heterocycles. The van der Waals surface area contributed by atoms with E-state index in [0.29, 0.717) is 11.7 Å². The van der Waals surface area contributed by atoms with Gasteiger partial charge in [-0.3, -0.25) is 9.36 Å². The van der Waals surface area contributed by atoms with Crippen LogP contribution in [0.1, 0.15) is 16.9 Å². The molecule has 0 aliphatic carbocycles. The molecule has 1 N–H and O–H groups in total. The van der Waals surface area contributed by atoms with Gasteiger partial charge in [0.1, 0.15) is 5.76 Å². The molecular weight excluding hydrogens is 396 g/mol. The lowest BCUT2D eigenvalue weighted by Gasteiger charge is -2.10. The van der Waals surface area contributed by atoms with Crippen LogP contribution in [0.4, 0.5) is 5.69 Å². The van der Waals surface area contributed by atoms with Gasteiger partial charge in [0.05, 0.1) is 18.6 Å². The molecule has 2 aromatic heterocycles. The standard InChI is InChI=1S/C23H22N4O2S/c1-16-11-17(2)13-19(12-16)24-21(28)15-30-23-26-25-22(18-7-4-3-5-8-18)27(23)14-20-9-6-10-29-20/h3-13H,14-15H2,1-2H3,(H,24,28). The monoisotopic (exact) mass is 418 g/mol. The molecule has 0 spiro atoms. The Balaban J connectivity index is 1.52. The number of furan rings is 1. The Morgan fingerprint density at radius 3 is 2.50 bits per heavy atom. The van der Waals surface area contributed by atoms with E-state index in [1.54, 1.807) is 6.26 Å². The summed E-state index contributed by atoms with van der Waals surface area (Å²) >= 11 is 1.36. The first-order valence-corrected chi connectivity index (χ1v) is 10.6. The minimum atomic E-state index is -0.0844. The van der Waals surface area contributed by atoms with E-state index in [4.69, 9.17) is 4.42 Å². The molecule has 0 atom stereocenters. The Bertz CT molecular complexity index is 1120. The largest absolute Gasteiger partial charge is 0.467 e. The van der Waals surface area contributed by atoms with Gasteiger partial charge in [0.15, 0.2) is 11.0 Å². The van der Waals surface area contributed by atoms with Crippen molar-refractivity contribution in [3.63, 3.8) is 0 Å². The van der Waals surface area contributed by atoms with E-state index in [2.05, 4.69) is 21.6 Å². The zero-order valence-corrected chi connectivity index (χ0v) is 17.6. The number of nitrogens with zero attached hydrogens (tertiary/aromatic N) is 3. The number of aryl methyl sites for hydroxylation is 2. The van der Waals surface area contributed by atoms with Crippen molar-refractivity contribution in [1.82, 2.24) is 14.8 Å². The SMILES string of the molecule is Cc1cc(C)cc(NC(=O)CSc2nnc(-c3ccccc3)n2Cc2ccco2)c1. The fraction of sp³-hybridized carbons (Fsp3) is 0.174. The summed E-state index contributed by atoms with van der Waals surface area (Å²) in [4.78, 5) is 12.5. The Hall–Kier alpha value is -3.32. The first kappa shape index (κ1) is 20.0. The van der Waals surface area contributed by atoms with Crippen LogP contribution in [-0.2, 0) is 11.3 Å². The van der Waals surface area contributed by atoms with Gasteiger partial charge in [-0.2, -0.15) is 0 Å². The molecule has 0 unspecified atom stereocenters. The highest BCUT2D eigenvalue weighted by atomic mass is 32.2. The summed E-state index contributed by atoms with van der Waals surface area (Å²) in [6.07, 6.45) is 1.64. The van der Waals surface area contributed by atoms with E-state index in [1.165, 1.54) is 11.8 Å². The highest BCUT2D eigenvalue weighted by molar-refractivity contribution is 7.99. The lowest BCUT2D eigenvalue weighted by molar-refractivity contribution is -0.113. The number of rotatable bonds is 7. The maximum atomic E-state index is 12.5. The molecule has 0 fully saturated rings. The zero-order valence-electron chi connectivity index (χ0n) is 16.8. The summed E-state index contributed by atoms with van der Waals surface area (Å²) in [6, 6.07) is 19.6. The van der Waals surface area contributed by atoms with Crippen LogP contribution in [0.3, 0.4) is 0 Å². The smallest absolute Gasteiger partial charge is 0.234 e. The van der Waals surface area contributed by atoms with Crippen molar-refractivity contribution in [3.8, 4) is 11.4 Å². The number of hydrogen-bond acceptors (Lipinski definition) is 5. The number of benzene rings is 2. The molecule has 0 aliphatic rings. The van der Waals surface area contributed by atoms with Crippen molar-refractivity contribution in [2.24, 2.45) is 0 Å². The molecule has 2 aromatic carbocycles. The predicted octanol–water partition coefficient (Wildman–Crippen LogP) is 4.93. The summed E-state index contributed by atoms with van der Waals surface area (Å²) in [5.41, 5.74) is 4.00. The van der Waals surface area contributed by atoms with E-state index in [9.17, 15) is 4.79 Å². The maximum absolute atomic E-state index is 12.5.